The number of nitrogens with two attached hydrogens (primary N) is 2. The van der Waals surface area contributed by atoms with E-state index in [1.807, 2.05) is 0 Å². The van der Waals surface area contributed by atoms with Gasteiger partial charge in [-0.25, -0.2) is 11.8 Å². The molecule has 1 fully saturated rings. The molecule has 1 rings (SSSR count). The molecule has 1 saturated carbocycles. The normalized spacial score (nSPS) is 30.2. The van der Waals surface area contributed by atoms with Gasteiger partial charge in [0.25, 0.3) is 0 Å². The highest BCUT2D eigenvalue weighted by molar-refractivity contribution is 6.46. The van der Waals surface area contributed by atoms with E-state index in [0.717, 1.165) is 18.8 Å². The van der Waals surface area contributed by atoms with E-state index in [1.54, 1.807) is 0 Å². The molecule has 0 heterocycles. The van der Waals surface area contributed by atoms with E-state index in [-0.39, 0.29) is 0 Å². The second-order valence-electron chi connectivity index (χ2n) is 3.66. The van der Waals surface area contributed by atoms with Crippen LogP contribution < -0.4 is 11.8 Å². The maximum Gasteiger partial charge on any atom is 0.494 e. The smallest absolute Gasteiger partial charge is 0.328 e. The lowest BCUT2D eigenvalue weighted by Crippen LogP contribution is -2.36. The van der Waals surface area contributed by atoms with Gasteiger partial charge in [-0.15, -0.1) is 0 Å². The molecule has 0 aromatic rings. The predicted molar refractivity (Wildman–Crippen MR) is 47.7 cm³/mol. The molecule has 0 unspecified atom stereocenters. The van der Waals surface area contributed by atoms with E-state index in [2.05, 4.69) is 16.4 Å². The van der Waals surface area contributed by atoms with E-state index in [4.69, 9.17) is 11.8 Å². The van der Waals surface area contributed by atoms with Gasteiger partial charge in [-0.1, -0.05) is 32.6 Å². The van der Waals surface area contributed by atoms with E-state index in [0.29, 0.717) is 5.82 Å². The summed E-state index contributed by atoms with van der Waals surface area (Å²) in [5.41, 5.74) is 0. The Morgan fingerprint density at radius 2 is 1.58 bits per heavy atom. The summed E-state index contributed by atoms with van der Waals surface area (Å²) in [5.74, 6) is 11.3. The number of hydrogen-bond acceptors (Lipinski definition) is 4. The molecule has 0 spiro atoms. The summed E-state index contributed by atoms with van der Waals surface area (Å²) in [5, 5.41) is 0. The third-order valence-corrected chi connectivity index (χ3v) is 2.71. The second kappa shape index (κ2) is 4.82. The minimum atomic E-state index is -0.419. The molecule has 0 aliphatic heterocycles. The van der Waals surface area contributed by atoms with Crippen molar-refractivity contribution in [2.75, 3.05) is 0 Å². The molecule has 0 radical (unpaired) electrons. The third kappa shape index (κ3) is 2.45. The first-order chi connectivity index (χ1) is 5.77. The van der Waals surface area contributed by atoms with Crippen molar-refractivity contribution in [3.8, 4) is 0 Å². The topological polar surface area (TPSA) is 70.5 Å². The minimum absolute atomic E-state index is 0.371. The molecule has 0 bridgehead atoms. The Morgan fingerprint density at radius 1 is 1.08 bits per heavy atom. The quantitative estimate of drug-likeness (QED) is 0.488. The van der Waals surface area contributed by atoms with E-state index in [9.17, 15) is 0 Å². The van der Waals surface area contributed by atoms with Gasteiger partial charge >= 0.3 is 7.12 Å². The Kier molecular flexibility index (Phi) is 4.01. The summed E-state index contributed by atoms with van der Waals surface area (Å²) in [4.78, 5) is 0. The largest absolute Gasteiger partial charge is 0.494 e. The predicted octanol–water partition coefficient (Wildman–Crippen LogP) is 0.836. The fourth-order valence-electron chi connectivity index (χ4n) is 1.81. The van der Waals surface area contributed by atoms with Gasteiger partial charge in [0.1, 0.15) is 0 Å². The molecule has 4 N–H and O–H groups in total. The first-order valence-electron chi connectivity index (χ1n) is 4.49. The Hall–Kier alpha value is -0.0951. The maximum absolute atomic E-state index is 5.04. The van der Waals surface area contributed by atoms with Crippen molar-refractivity contribution in [2.45, 2.75) is 38.4 Å². The van der Waals surface area contributed by atoms with Gasteiger partial charge in [0.15, 0.2) is 0 Å². The molecule has 1 aliphatic carbocycles. The van der Waals surface area contributed by atoms with Crippen LogP contribution in [-0.4, -0.2) is 7.12 Å². The van der Waals surface area contributed by atoms with Crippen LogP contribution in [0.4, 0.5) is 0 Å². The van der Waals surface area contributed by atoms with Crippen LogP contribution in [-0.2, 0) is 9.51 Å². The molecule has 12 heavy (non-hydrogen) atoms. The van der Waals surface area contributed by atoms with Crippen LogP contribution in [0.3, 0.4) is 0 Å². The van der Waals surface area contributed by atoms with Crippen LogP contribution in [0.5, 0.6) is 0 Å². The first kappa shape index (κ1) is 9.99. The zero-order valence-corrected chi connectivity index (χ0v) is 7.53. The first-order valence-corrected chi connectivity index (χ1v) is 4.49. The lowest BCUT2D eigenvalue weighted by atomic mass is 9.63. The van der Waals surface area contributed by atoms with Gasteiger partial charge in [0.2, 0.25) is 0 Å². The highest BCUT2D eigenvalue weighted by Crippen LogP contribution is 2.34. The average molecular weight is 172 g/mol. The van der Waals surface area contributed by atoms with E-state index < -0.39 is 7.12 Å². The van der Waals surface area contributed by atoms with Crippen molar-refractivity contribution in [1.82, 2.24) is 0 Å². The molecule has 4 nitrogen and oxygen atoms in total. The zero-order valence-electron chi connectivity index (χ0n) is 7.53. The molecule has 0 aromatic carbocycles. The summed E-state index contributed by atoms with van der Waals surface area (Å²) in [6, 6.07) is 0. The molecule has 1 aliphatic rings. The van der Waals surface area contributed by atoms with Crippen LogP contribution in [0.15, 0.2) is 0 Å². The van der Waals surface area contributed by atoms with Crippen molar-refractivity contribution in [1.29, 1.82) is 0 Å². The summed E-state index contributed by atoms with van der Waals surface area (Å²) < 4.78 is 9.25. The Balaban J connectivity index is 2.32. The molecule has 0 aromatic heterocycles. The lowest BCUT2D eigenvalue weighted by Gasteiger charge is -2.27. The average Bonchev–Trinajstić information content (AvgIpc) is 2.10. The maximum atomic E-state index is 5.04. The molecular weight excluding hydrogens is 155 g/mol. The Bertz CT molecular complexity index is 125. The van der Waals surface area contributed by atoms with Crippen LogP contribution in [0.25, 0.3) is 0 Å². The highest BCUT2D eigenvalue weighted by atomic mass is 16.7. The number of hydrogen-bond donors (Lipinski definition) is 2. The highest BCUT2D eigenvalue weighted by Gasteiger charge is 2.32. The fraction of sp³-hybridized carbons (Fsp3) is 1.00. The van der Waals surface area contributed by atoms with Crippen LogP contribution >= 0.6 is 0 Å². The van der Waals surface area contributed by atoms with E-state index in [1.165, 1.54) is 12.8 Å². The monoisotopic (exact) mass is 172 g/mol. The third-order valence-electron chi connectivity index (χ3n) is 2.71. The summed E-state index contributed by atoms with van der Waals surface area (Å²) in [7, 11) is -0.419. The van der Waals surface area contributed by atoms with Gasteiger partial charge in [0, 0.05) is 0 Å². The van der Waals surface area contributed by atoms with Crippen molar-refractivity contribution in [3.05, 3.63) is 0 Å². The van der Waals surface area contributed by atoms with Crippen LogP contribution in [0, 0.1) is 5.92 Å². The van der Waals surface area contributed by atoms with Crippen molar-refractivity contribution < 1.29 is 9.51 Å². The van der Waals surface area contributed by atoms with Crippen LogP contribution in [0.1, 0.15) is 32.6 Å². The van der Waals surface area contributed by atoms with Crippen LogP contribution in [0.2, 0.25) is 5.82 Å². The van der Waals surface area contributed by atoms with E-state index >= 15 is 0 Å². The molecular formula is C7H17BN2O2. The van der Waals surface area contributed by atoms with Gasteiger partial charge in [-0.05, 0) is 11.7 Å². The summed E-state index contributed by atoms with van der Waals surface area (Å²) in [6.45, 7) is 2.26. The molecule has 0 amide bonds. The van der Waals surface area contributed by atoms with Gasteiger partial charge in [-0.3, -0.25) is 0 Å². The van der Waals surface area contributed by atoms with Crippen molar-refractivity contribution in [3.63, 3.8) is 0 Å². The Morgan fingerprint density at radius 3 is 2.00 bits per heavy atom. The summed E-state index contributed by atoms with van der Waals surface area (Å²) in [6.07, 6.45) is 4.63. The molecule has 70 valence electrons. The zero-order chi connectivity index (χ0) is 8.97. The summed E-state index contributed by atoms with van der Waals surface area (Å²) >= 11 is 0. The van der Waals surface area contributed by atoms with Gasteiger partial charge in [0.05, 0.1) is 0 Å². The van der Waals surface area contributed by atoms with Crippen molar-refractivity contribution in [2.24, 2.45) is 17.7 Å². The molecule has 0 saturated heterocycles. The van der Waals surface area contributed by atoms with Crippen molar-refractivity contribution >= 4 is 7.12 Å². The fourth-order valence-corrected chi connectivity index (χ4v) is 1.81. The second-order valence-corrected chi connectivity index (χ2v) is 3.66. The molecule has 0 atom stereocenters. The molecule has 5 heteroatoms. The SMILES string of the molecule is CC1CCC(B(ON)ON)CC1. The van der Waals surface area contributed by atoms with Gasteiger partial charge < -0.3 is 9.51 Å². The Labute approximate surface area is 73.6 Å². The minimum Gasteiger partial charge on any atom is -0.328 e. The number of rotatable bonds is 3. The van der Waals surface area contributed by atoms with Gasteiger partial charge in [-0.2, -0.15) is 0 Å². The lowest BCUT2D eigenvalue weighted by molar-refractivity contribution is 0.182. The standard InChI is InChI=1S/C7H17BN2O2/c1-6-2-4-7(5-3-6)8(11-9)12-10/h6-7H,2-5,9-10H2,1H3.